The van der Waals surface area contributed by atoms with Crippen molar-refractivity contribution in [2.24, 2.45) is 5.92 Å². The highest BCUT2D eigenvalue weighted by Crippen LogP contribution is 2.44. The second-order valence-corrected chi connectivity index (χ2v) is 6.23. The van der Waals surface area contributed by atoms with E-state index in [2.05, 4.69) is 23.6 Å². The maximum Gasteiger partial charge on any atom is 0.189 e. The summed E-state index contributed by atoms with van der Waals surface area (Å²) >= 11 is 1.80. The van der Waals surface area contributed by atoms with E-state index in [9.17, 15) is 0 Å². The third kappa shape index (κ3) is 1.81. The molecular weight excluding hydrogens is 270 g/mol. The van der Waals surface area contributed by atoms with E-state index in [1.807, 2.05) is 16.9 Å². The van der Waals surface area contributed by atoms with Gasteiger partial charge in [-0.1, -0.05) is 31.0 Å². The smallest absolute Gasteiger partial charge is 0.189 e. The molecule has 0 spiro atoms. The minimum Gasteiger partial charge on any atom is -0.454 e. The maximum atomic E-state index is 5.76. The van der Waals surface area contributed by atoms with Crippen molar-refractivity contribution >= 4 is 23.9 Å². The summed E-state index contributed by atoms with van der Waals surface area (Å²) < 4.78 is 7.77. The summed E-state index contributed by atoms with van der Waals surface area (Å²) in [5.41, 5.74) is 5.25. The van der Waals surface area contributed by atoms with Gasteiger partial charge in [-0.25, -0.2) is 9.66 Å². The van der Waals surface area contributed by atoms with Crippen LogP contribution >= 0.6 is 11.8 Å². The Balaban J connectivity index is 1.64. The van der Waals surface area contributed by atoms with Gasteiger partial charge < -0.3 is 9.84 Å². The van der Waals surface area contributed by atoms with Gasteiger partial charge in [-0.3, -0.25) is 0 Å². The molecule has 1 N–H and O–H groups in total. The van der Waals surface area contributed by atoms with Crippen LogP contribution in [0.3, 0.4) is 0 Å². The Morgan fingerprint density at radius 1 is 1.40 bits per heavy atom. The molecule has 2 aromatic rings. The lowest BCUT2D eigenvalue weighted by atomic mass is 10.2. The molecule has 2 aromatic heterocycles. The first-order chi connectivity index (χ1) is 9.78. The van der Waals surface area contributed by atoms with E-state index in [1.165, 1.54) is 12.8 Å². The third-order valence-electron chi connectivity index (χ3n) is 3.67. The van der Waals surface area contributed by atoms with Gasteiger partial charge in [0.15, 0.2) is 10.9 Å². The molecule has 0 saturated heterocycles. The molecule has 0 radical (unpaired) electrons. The predicted octanol–water partition coefficient (Wildman–Crippen LogP) is 3.81. The van der Waals surface area contributed by atoms with E-state index in [0.717, 1.165) is 33.9 Å². The quantitative estimate of drug-likeness (QED) is 0.927. The summed E-state index contributed by atoms with van der Waals surface area (Å²) in [4.78, 5) is 4.65. The van der Waals surface area contributed by atoms with E-state index in [1.54, 1.807) is 23.9 Å². The fourth-order valence-electron chi connectivity index (χ4n) is 2.40. The molecule has 1 atom stereocenters. The summed E-state index contributed by atoms with van der Waals surface area (Å²) in [6.45, 7) is 7.53. The van der Waals surface area contributed by atoms with Gasteiger partial charge in [0.25, 0.3) is 0 Å². The van der Waals surface area contributed by atoms with Gasteiger partial charge in [0.1, 0.15) is 11.5 Å². The van der Waals surface area contributed by atoms with Gasteiger partial charge in [-0.15, -0.1) is 0 Å². The molecule has 1 saturated carbocycles. The van der Waals surface area contributed by atoms with Crippen LogP contribution in [0.15, 0.2) is 35.0 Å². The third-order valence-corrected chi connectivity index (χ3v) is 4.91. The molecule has 5 heteroatoms. The highest BCUT2D eigenvalue weighted by molar-refractivity contribution is 8.00. The minimum absolute atomic E-state index is 0.482. The monoisotopic (exact) mass is 285 g/mol. The van der Waals surface area contributed by atoms with Crippen LogP contribution in [0.4, 0.5) is 0 Å². The Labute approximate surface area is 121 Å². The fourth-order valence-corrected chi connectivity index (χ4v) is 3.63. The first-order valence-corrected chi connectivity index (χ1v) is 7.58. The zero-order valence-corrected chi connectivity index (χ0v) is 11.8. The molecule has 4 rings (SSSR count). The standard InChI is InChI=1S/C15H15N3OS/c1-3-9-7-13(19-12(9)4-2)11-8-18-15(16-11)20-14(17-18)10-5-6-10/h3-4,7-8,10,14,17H,1-2,5-6H2. The first-order valence-electron chi connectivity index (χ1n) is 6.70. The van der Waals surface area contributed by atoms with E-state index in [-0.39, 0.29) is 0 Å². The number of fused-ring (bicyclic) bond motifs is 1. The lowest BCUT2D eigenvalue weighted by Crippen LogP contribution is -2.19. The Bertz CT molecular complexity index is 647. The van der Waals surface area contributed by atoms with Gasteiger partial charge in [0.2, 0.25) is 0 Å². The number of furan rings is 1. The molecule has 1 aliphatic heterocycles. The van der Waals surface area contributed by atoms with Gasteiger partial charge in [-0.05, 0) is 30.9 Å². The van der Waals surface area contributed by atoms with Crippen LogP contribution in [-0.2, 0) is 0 Å². The van der Waals surface area contributed by atoms with Crippen LogP contribution in [0.25, 0.3) is 23.6 Å². The molecule has 3 heterocycles. The maximum absolute atomic E-state index is 5.76. The lowest BCUT2D eigenvalue weighted by Gasteiger charge is -2.07. The van der Waals surface area contributed by atoms with Crippen LogP contribution in [0, 0.1) is 5.92 Å². The lowest BCUT2D eigenvalue weighted by molar-refractivity contribution is 0.569. The van der Waals surface area contributed by atoms with Gasteiger partial charge in [0.05, 0.1) is 11.6 Å². The van der Waals surface area contributed by atoms with Gasteiger partial charge in [0, 0.05) is 5.56 Å². The summed E-state index contributed by atoms with van der Waals surface area (Å²) in [5.74, 6) is 2.29. The normalized spacial score (nSPS) is 20.5. The topological polar surface area (TPSA) is 43.0 Å². The molecule has 1 aliphatic carbocycles. The van der Waals surface area contributed by atoms with Crippen LogP contribution in [0.2, 0.25) is 0 Å². The van der Waals surface area contributed by atoms with Crippen molar-refractivity contribution in [2.75, 3.05) is 5.43 Å². The number of nitrogens with zero attached hydrogens (tertiary/aromatic N) is 2. The van der Waals surface area contributed by atoms with Crippen molar-refractivity contribution in [2.45, 2.75) is 23.4 Å². The minimum atomic E-state index is 0.482. The molecule has 1 fully saturated rings. The molecule has 4 nitrogen and oxygen atoms in total. The number of rotatable bonds is 4. The van der Waals surface area contributed by atoms with Crippen LogP contribution in [-0.4, -0.2) is 15.0 Å². The summed E-state index contributed by atoms with van der Waals surface area (Å²) in [7, 11) is 0. The van der Waals surface area contributed by atoms with Crippen LogP contribution < -0.4 is 5.43 Å². The van der Waals surface area contributed by atoms with E-state index in [0.29, 0.717) is 5.37 Å². The van der Waals surface area contributed by atoms with Crippen molar-refractivity contribution in [1.82, 2.24) is 9.66 Å². The van der Waals surface area contributed by atoms with Crippen molar-refractivity contribution < 1.29 is 4.42 Å². The average molecular weight is 285 g/mol. The molecule has 2 aliphatic rings. The van der Waals surface area contributed by atoms with Crippen LogP contribution in [0.1, 0.15) is 24.2 Å². The second-order valence-electron chi connectivity index (χ2n) is 5.12. The molecule has 0 bridgehead atoms. The summed E-state index contributed by atoms with van der Waals surface area (Å²) in [5, 5.41) is 1.49. The van der Waals surface area contributed by atoms with Gasteiger partial charge >= 0.3 is 0 Å². The van der Waals surface area contributed by atoms with E-state index < -0.39 is 0 Å². The average Bonchev–Trinajstić information content (AvgIpc) is 2.94. The largest absolute Gasteiger partial charge is 0.454 e. The molecule has 1 unspecified atom stereocenters. The molecule has 0 amide bonds. The highest BCUT2D eigenvalue weighted by Gasteiger charge is 2.37. The predicted molar refractivity (Wildman–Crippen MR) is 81.8 cm³/mol. The van der Waals surface area contributed by atoms with Crippen molar-refractivity contribution in [1.29, 1.82) is 0 Å². The van der Waals surface area contributed by atoms with E-state index in [4.69, 9.17) is 4.42 Å². The number of nitrogens with one attached hydrogen (secondary N) is 1. The van der Waals surface area contributed by atoms with Crippen molar-refractivity contribution in [3.8, 4) is 11.5 Å². The molecule has 0 aromatic carbocycles. The first kappa shape index (κ1) is 11.9. The second kappa shape index (κ2) is 4.31. The van der Waals surface area contributed by atoms with Gasteiger partial charge in [-0.2, -0.15) is 0 Å². The SMILES string of the molecule is C=Cc1cc(-c2cn3c(n2)SC(C2CC2)N3)oc1C=C. The molecular formula is C15H15N3OS. The van der Waals surface area contributed by atoms with Crippen molar-refractivity contribution in [3.05, 3.63) is 36.7 Å². The zero-order valence-electron chi connectivity index (χ0n) is 11.0. The Kier molecular flexibility index (Phi) is 2.57. The van der Waals surface area contributed by atoms with Crippen molar-refractivity contribution in [3.63, 3.8) is 0 Å². The zero-order chi connectivity index (χ0) is 13.7. The molecule has 20 heavy (non-hydrogen) atoms. The van der Waals surface area contributed by atoms with Crippen LogP contribution in [0.5, 0.6) is 0 Å². The number of imidazole rings is 1. The molecule has 102 valence electrons. The van der Waals surface area contributed by atoms with E-state index >= 15 is 0 Å². The number of thioether (sulfide) groups is 1. The Morgan fingerprint density at radius 3 is 2.85 bits per heavy atom. The fraction of sp³-hybridized carbons (Fsp3) is 0.267. The Morgan fingerprint density at radius 2 is 2.25 bits per heavy atom. The Hall–Kier alpha value is -1.88. The highest BCUT2D eigenvalue weighted by atomic mass is 32.2. The summed E-state index contributed by atoms with van der Waals surface area (Å²) in [6, 6.07) is 1.95. The number of hydrogen-bond donors (Lipinski definition) is 1. The number of aromatic nitrogens is 2. The summed E-state index contributed by atoms with van der Waals surface area (Å²) in [6.07, 6.45) is 8.10. The number of hydrogen-bond acceptors (Lipinski definition) is 4.